The molecular formula is C18H24N2O. The number of benzene rings is 1. The number of hydrogen-bond donors (Lipinski definition) is 0. The normalized spacial score (nSPS) is 26.5. The highest BCUT2D eigenvalue weighted by Gasteiger charge is 2.31. The predicted molar refractivity (Wildman–Crippen MR) is 87.1 cm³/mol. The Morgan fingerprint density at radius 2 is 1.90 bits per heavy atom. The number of hydrogen-bond acceptors (Lipinski definition) is 3. The summed E-state index contributed by atoms with van der Waals surface area (Å²) in [5, 5.41) is 1.32. The second-order valence-corrected chi connectivity index (χ2v) is 6.77. The second-order valence-electron chi connectivity index (χ2n) is 6.77. The standard InChI is InChI=1S/C18H24N2O/c1-12-11-19(3)13(2)17-15-10-14(20-8-4-5-9-20)6-7-16(15)21-18(12)17/h6-7,10,12-13H,4-5,8-9,11H2,1-3H3. The Hall–Kier alpha value is -1.48. The van der Waals surface area contributed by atoms with Gasteiger partial charge in [-0.3, -0.25) is 4.90 Å². The lowest BCUT2D eigenvalue weighted by molar-refractivity contribution is 0.215. The van der Waals surface area contributed by atoms with E-state index in [1.54, 1.807) is 0 Å². The number of likely N-dealkylation sites (N-methyl/N-ethyl adjacent to an activating group) is 1. The van der Waals surface area contributed by atoms with E-state index in [2.05, 4.69) is 48.9 Å². The molecule has 3 heterocycles. The summed E-state index contributed by atoms with van der Waals surface area (Å²) in [6.07, 6.45) is 2.63. The third kappa shape index (κ3) is 1.98. The largest absolute Gasteiger partial charge is 0.460 e. The maximum absolute atomic E-state index is 6.19. The summed E-state index contributed by atoms with van der Waals surface area (Å²) in [5.74, 6) is 1.68. The van der Waals surface area contributed by atoms with E-state index in [1.807, 2.05) is 0 Å². The van der Waals surface area contributed by atoms with Gasteiger partial charge < -0.3 is 9.32 Å². The van der Waals surface area contributed by atoms with Crippen LogP contribution in [0.15, 0.2) is 22.6 Å². The fraction of sp³-hybridized carbons (Fsp3) is 0.556. The van der Waals surface area contributed by atoms with Crippen LogP contribution in [0.3, 0.4) is 0 Å². The van der Waals surface area contributed by atoms with Crippen molar-refractivity contribution in [3.8, 4) is 0 Å². The minimum Gasteiger partial charge on any atom is -0.460 e. The molecule has 2 aliphatic heterocycles. The molecule has 1 fully saturated rings. The number of anilines is 1. The highest BCUT2D eigenvalue weighted by molar-refractivity contribution is 5.86. The van der Waals surface area contributed by atoms with Crippen LogP contribution >= 0.6 is 0 Å². The molecule has 0 aliphatic carbocycles. The number of fused-ring (bicyclic) bond motifs is 3. The summed E-state index contributed by atoms with van der Waals surface area (Å²) in [6, 6.07) is 7.18. The van der Waals surface area contributed by atoms with Crippen LogP contribution in [-0.4, -0.2) is 31.6 Å². The van der Waals surface area contributed by atoms with Gasteiger partial charge in [0.2, 0.25) is 0 Å². The Labute approximate surface area is 126 Å². The van der Waals surface area contributed by atoms with Gasteiger partial charge in [-0.05, 0) is 45.0 Å². The van der Waals surface area contributed by atoms with E-state index in [9.17, 15) is 0 Å². The first-order valence-corrected chi connectivity index (χ1v) is 8.16. The minimum absolute atomic E-state index is 0.436. The molecule has 2 unspecified atom stereocenters. The van der Waals surface area contributed by atoms with Crippen molar-refractivity contribution in [3.05, 3.63) is 29.5 Å². The topological polar surface area (TPSA) is 19.6 Å². The third-order valence-corrected chi connectivity index (χ3v) is 5.30. The Morgan fingerprint density at radius 1 is 1.14 bits per heavy atom. The van der Waals surface area contributed by atoms with Gasteiger partial charge in [0.1, 0.15) is 11.3 Å². The van der Waals surface area contributed by atoms with Crippen LogP contribution in [0.5, 0.6) is 0 Å². The molecule has 0 bridgehead atoms. The number of nitrogens with zero attached hydrogens (tertiary/aromatic N) is 2. The van der Waals surface area contributed by atoms with Gasteiger partial charge in [0.15, 0.2) is 0 Å². The summed E-state index contributed by atoms with van der Waals surface area (Å²) >= 11 is 0. The highest BCUT2D eigenvalue weighted by Crippen LogP contribution is 2.42. The van der Waals surface area contributed by atoms with E-state index in [-0.39, 0.29) is 0 Å². The van der Waals surface area contributed by atoms with Crippen LogP contribution in [0.1, 0.15) is 50.0 Å². The quantitative estimate of drug-likeness (QED) is 0.784. The van der Waals surface area contributed by atoms with E-state index in [4.69, 9.17) is 4.42 Å². The molecule has 3 nitrogen and oxygen atoms in total. The van der Waals surface area contributed by atoms with Crippen molar-refractivity contribution < 1.29 is 4.42 Å². The lowest BCUT2D eigenvalue weighted by Crippen LogP contribution is -2.31. The van der Waals surface area contributed by atoms with Crippen LogP contribution < -0.4 is 4.90 Å². The molecule has 0 amide bonds. The van der Waals surface area contributed by atoms with Gasteiger partial charge in [-0.1, -0.05) is 6.92 Å². The molecule has 112 valence electrons. The Balaban J connectivity index is 1.87. The van der Waals surface area contributed by atoms with Crippen molar-refractivity contribution in [2.75, 3.05) is 31.6 Å². The van der Waals surface area contributed by atoms with E-state index in [1.165, 1.54) is 48.3 Å². The van der Waals surface area contributed by atoms with Gasteiger partial charge in [-0.2, -0.15) is 0 Å². The molecule has 2 aliphatic rings. The molecule has 1 aromatic carbocycles. The molecular weight excluding hydrogens is 260 g/mol. The molecule has 21 heavy (non-hydrogen) atoms. The average molecular weight is 284 g/mol. The van der Waals surface area contributed by atoms with Crippen molar-refractivity contribution in [1.29, 1.82) is 0 Å². The lowest BCUT2D eigenvalue weighted by atomic mass is 9.92. The van der Waals surface area contributed by atoms with E-state index in [0.717, 1.165) is 12.1 Å². The van der Waals surface area contributed by atoms with E-state index < -0.39 is 0 Å². The zero-order valence-corrected chi connectivity index (χ0v) is 13.2. The zero-order chi connectivity index (χ0) is 14.6. The Bertz CT molecular complexity index is 669. The Kier molecular flexibility index (Phi) is 3.00. The van der Waals surface area contributed by atoms with Gasteiger partial charge in [-0.25, -0.2) is 0 Å². The Morgan fingerprint density at radius 3 is 2.67 bits per heavy atom. The summed E-state index contributed by atoms with van der Waals surface area (Å²) in [5.41, 5.74) is 3.82. The maximum Gasteiger partial charge on any atom is 0.134 e. The van der Waals surface area contributed by atoms with Gasteiger partial charge in [-0.15, -0.1) is 0 Å². The molecule has 0 spiro atoms. The summed E-state index contributed by atoms with van der Waals surface area (Å²) in [4.78, 5) is 4.93. The van der Waals surface area contributed by atoms with Gasteiger partial charge >= 0.3 is 0 Å². The molecule has 2 aromatic rings. The van der Waals surface area contributed by atoms with Gasteiger partial charge in [0.25, 0.3) is 0 Å². The fourth-order valence-electron chi connectivity index (χ4n) is 3.99. The van der Waals surface area contributed by atoms with E-state index >= 15 is 0 Å². The van der Waals surface area contributed by atoms with Crippen LogP contribution in [0.25, 0.3) is 11.0 Å². The van der Waals surface area contributed by atoms with Gasteiger partial charge in [0.05, 0.1) is 0 Å². The van der Waals surface area contributed by atoms with Crippen LogP contribution in [-0.2, 0) is 0 Å². The number of furan rings is 1. The lowest BCUT2D eigenvalue weighted by Gasteiger charge is -2.33. The van der Waals surface area contributed by atoms with E-state index in [0.29, 0.717) is 12.0 Å². The fourth-order valence-corrected chi connectivity index (χ4v) is 3.99. The zero-order valence-electron chi connectivity index (χ0n) is 13.2. The van der Waals surface area contributed by atoms with Crippen molar-refractivity contribution in [2.45, 2.75) is 38.6 Å². The predicted octanol–water partition coefficient (Wildman–Crippen LogP) is 4.14. The molecule has 0 radical (unpaired) electrons. The average Bonchev–Trinajstić information content (AvgIpc) is 3.11. The first kappa shape index (κ1) is 13.2. The summed E-state index contributed by atoms with van der Waals surface area (Å²) in [7, 11) is 2.22. The monoisotopic (exact) mass is 284 g/mol. The minimum atomic E-state index is 0.436. The first-order valence-electron chi connectivity index (χ1n) is 8.16. The van der Waals surface area contributed by atoms with Gasteiger partial charge in [0, 0.05) is 48.2 Å². The molecule has 3 heteroatoms. The molecule has 4 rings (SSSR count). The molecule has 0 saturated carbocycles. The van der Waals surface area contributed by atoms with Crippen molar-refractivity contribution >= 4 is 16.7 Å². The maximum atomic E-state index is 6.19. The summed E-state index contributed by atoms with van der Waals surface area (Å²) < 4.78 is 6.19. The van der Waals surface area contributed by atoms with Crippen LogP contribution in [0.4, 0.5) is 5.69 Å². The number of rotatable bonds is 1. The summed E-state index contributed by atoms with van der Waals surface area (Å²) in [6.45, 7) is 8.02. The first-order chi connectivity index (χ1) is 10.1. The smallest absolute Gasteiger partial charge is 0.134 e. The molecule has 2 atom stereocenters. The molecule has 1 aromatic heterocycles. The molecule has 0 N–H and O–H groups in total. The molecule has 1 saturated heterocycles. The third-order valence-electron chi connectivity index (χ3n) is 5.30. The second kappa shape index (κ2) is 4.77. The highest BCUT2D eigenvalue weighted by atomic mass is 16.3. The van der Waals surface area contributed by atoms with Crippen LogP contribution in [0.2, 0.25) is 0 Å². The van der Waals surface area contributed by atoms with Crippen LogP contribution in [0, 0.1) is 0 Å². The van der Waals surface area contributed by atoms with Crippen molar-refractivity contribution in [1.82, 2.24) is 4.90 Å². The van der Waals surface area contributed by atoms with Crippen molar-refractivity contribution in [2.24, 2.45) is 0 Å². The van der Waals surface area contributed by atoms with Crippen molar-refractivity contribution in [3.63, 3.8) is 0 Å². The SMILES string of the molecule is CC1CN(C)C(C)c2c1oc1ccc(N3CCCC3)cc21.